The summed E-state index contributed by atoms with van der Waals surface area (Å²) in [6, 6.07) is 4.99. The molecule has 1 amide bonds. The summed E-state index contributed by atoms with van der Waals surface area (Å²) in [6.45, 7) is 0.444. The van der Waals surface area contributed by atoms with Crippen LogP contribution in [0.1, 0.15) is 24.7 Å². The van der Waals surface area contributed by atoms with Gasteiger partial charge in [0.15, 0.2) is 0 Å². The van der Waals surface area contributed by atoms with E-state index in [1.807, 2.05) is 12.1 Å². The quantitative estimate of drug-likeness (QED) is 0.677. The van der Waals surface area contributed by atoms with Crippen LogP contribution in [-0.4, -0.2) is 32.6 Å². The van der Waals surface area contributed by atoms with E-state index in [9.17, 15) is 14.7 Å². The van der Waals surface area contributed by atoms with Gasteiger partial charge in [0.2, 0.25) is 5.58 Å². The molecule has 118 valence electrons. The number of aromatic nitrogens is 2. The second kappa shape index (κ2) is 5.09. The van der Waals surface area contributed by atoms with Gasteiger partial charge in [0, 0.05) is 16.4 Å². The molecule has 0 aliphatic carbocycles. The van der Waals surface area contributed by atoms with Crippen LogP contribution < -0.4 is 5.56 Å². The van der Waals surface area contributed by atoms with Crippen molar-refractivity contribution in [2.24, 2.45) is 0 Å². The molecule has 4 rings (SSSR count). The monoisotopic (exact) mass is 377 g/mol. The van der Waals surface area contributed by atoms with Crippen LogP contribution in [-0.2, 0) is 0 Å². The lowest BCUT2D eigenvalue weighted by molar-refractivity contribution is 0.138. The number of hydrogen-bond acceptors (Lipinski definition) is 4. The van der Waals surface area contributed by atoms with Crippen molar-refractivity contribution in [2.75, 3.05) is 6.54 Å². The summed E-state index contributed by atoms with van der Waals surface area (Å²) < 4.78 is 6.42. The lowest BCUT2D eigenvalue weighted by Gasteiger charge is -2.20. The third-order valence-electron chi connectivity index (χ3n) is 4.12. The number of halogens is 1. The third-order valence-corrected chi connectivity index (χ3v) is 4.61. The first-order valence-corrected chi connectivity index (χ1v) is 7.95. The van der Waals surface area contributed by atoms with Crippen LogP contribution in [0.25, 0.3) is 22.1 Å². The molecule has 1 unspecified atom stereocenters. The Labute approximate surface area is 138 Å². The number of H-pyrrole nitrogens is 1. The van der Waals surface area contributed by atoms with Gasteiger partial charge in [0.1, 0.15) is 16.9 Å². The fourth-order valence-electron chi connectivity index (χ4n) is 3.08. The van der Waals surface area contributed by atoms with Gasteiger partial charge in [-0.15, -0.1) is 0 Å². The first kappa shape index (κ1) is 14.3. The molecule has 0 saturated carbocycles. The number of nitrogens with one attached hydrogen (secondary N) is 1. The molecule has 1 fully saturated rings. The largest absolute Gasteiger partial charge is 0.465 e. The molecule has 1 saturated heterocycles. The van der Waals surface area contributed by atoms with Crippen molar-refractivity contribution in [3.05, 3.63) is 38.9 Å². The fourth-order valence-corrected chi connectivity index (χ4v) is 3.44. The van der Waals surface area contributed by atoms with Crippen LogP contribution in [0.3, 0.4) is 0 Å². The van der Waals surface area contributed by atoms with Gasteiger partial charge in [0.05, 0.1) is 6.04 Å². The first-order valence-electron chi connectivity index (χ1n) is 7.16. The van der Waals surface area contributed by atoms with E-state index in [2.05, 4.69) is 25.9 Å². The van der Waals surface area contributed by atoms with Gasteiger partial charge in [0.25, 0.3) is 5.56 Å². The molecule has 23 heavy (non-hydrogen) atoms. The number of carboxylic acid groups (broad SMARTS) is 1. The highest BCUT2D eigenvalue weighted by molar-refractivity contribution is 9.10. The number of amides is 1. The maximum Gasteiger partial charge on any atom is 0.407 e. The summed E-state index contributed by atoms with van der Waals surface area (Å²) in [5.41, 5.74) is 0.786. The second-order valence-corrected chi connectivity index (χ2v) is 6.42. The standard InChI is InChI=1S/C15H12BrN3O4/c16-7-3-4-10-8(6-7)11-12(23-10)14(20)18-13(17-11)9-2-1-5-19(9)15(21)22/h3-4,6,9H,1-2,5H2,(H,21,22)(H,17,18,20). The van der Waals surface area contributed by atoms with Gasteiger partial charge in [-0.05, 0) is 31.0 Å². The number of benzene rings is 1. The van der Waals surface area contributed by atoms with Crippen molar-refractivity contribution in [3.8, 4) is 0 Å². The molecule has 0 bridgehead atoms. The lowest BCUT2D eigenvalue weighted by Crippen LogP contribution is -2.30. The van der Waals surface area contributed by atoms with Crippen LogP contribution >= 0.6 is 15.9 Å². The van der Waals surface area contributed by atoms with Crippen molar-refractivity contribution < 1.29 is 14.3 Å². The highest BCUT2D eigenvalue weighted by Crippen LogP contribution is 2.32. The summed E-state index contributed by atoms with van der Waals surface area (Å²) in [7, 11) is 0. The number of fused-ring (bicyclic) bond motifs is 3. The van der Waals surface area contributed by atoms with Crippen molar-refractivity contribution in [1.82, 2.24) is 14.9 Å². The average molecular weight is 378 g/mol. The van der Waals surface area contributed by atoms with Crippen LogP contribution in [0.2, 0.25) is 0 Å². The van der Waals surface area contributed by atoms with E-state index in [1.54, 1.807) is 6.07 Å². The summed E-state index contributed by atoms with van der Waals surface area (Å²) in [6.07, 6.45) is 0.381. The average Bonchev–Trinajstić information content (AvgIpc) is 3.12. The molecule has 1 aliphatic rings. The zero-order chi connectivity index (χ0) is 16.1. The Kier molecular flexibility index (Phi) is 3.15. The molecule has 0 spiro atoms. The minimum atomic E-state index is -1.00. The predicted molar refractivity (Wildman–Crippen MR) is 86.5 cm³/mol. The molecule has 8 heteroatoms. The molecule has 3 aromatic rings. The van der Waals surface area contributed by atoms with E-state index < -0.39 is 17.7 Å². The number of rotatable bonds is 1. The molecule has 7 nitrogen and oxygen atoms in total. The lowest BCUT2D eigenvalue weighted by atomic mass is 10.2. The SMILES string of the molecule is O=C(O)N1CCCC1c1nc2c(oc3ccc(Br)cc32)c(=O)[nH]1. The Morgan fingerprint density at radius 1 is 1.48 bits per heavy atom. The van der Waals surface area contributed by atoms with Gasteiger partial charge in [-0.2, -0.15) is 0 Å². The van der Waals surface area contributed by atoms with E-state index in [4.69, 9.17) is 4.42 Å². The van der Waals surface area contributed by atoms with Crippen molar-refractivity contribution >= 4 is 44.1 Å². The van der Waals surface area contributed by atoms with E-state index in [0.717, 1.165) is 16.3 Å². The molecule has 1 aliphatic heterocycles. The van der Waals surface area contributed by atoms with Crippen LogP contribution in [0.15, 0.2) is 31.9 Å². The Hall–Kier alpha value is -2.35. The zero-order valence-corrected chi connectivity index (χ0v) is 13.5. The van der Waals surface area contributed by atoms with Crippen LogP contribution in [0, 0.1) is 0 Å². The molecular formula is C15H12BrN3O4. The van der Waals surface area contributed by atoms with Gasteiger partial charge < -0.3 is 14.5 Å². The van der Waals surface area contributed by atoms with E-state index in [0.29, 0.717) is 29.9 Å². The maximum absolute atomic E-state index is 12.3. The molecule has 1 atom stereocenters. The van der Waals surface area contributed by atoms with Gasteiger partial charge in [-0.3, -0.25) is 9.69 Å². The highest BCUT2D eigenvalue weighted by Gasteiger charge is 2.32. The Bertz CT molecular complexity index is 993. The van der Waals surface area contributed by atoms with Gasteiger partial charge >= 0.3 is 6.09 Å². The minimum absolute atomic E-state index is 0.154. The summed E-state index contributed by atoms with van der Waals surface area (Å²) in [5.74, 6) is 0.366. The van der Waals surface area contributed by atoms with E-state index >= 15 is 0 Å². The summed E-state index contributed by atoms with van der Waals surface area (Å²) in [5, 5.41) is 10.0. The molecule has 0 radical (unpaired) electrons. The number of likely N-dealkylation sites (tertiary alicyclic amines) is 1. The minimum Gasteiger partial charge on any atom is -0.465 e. The Morgan fingerprint density at radius 3 is 3.09 bits per heavy atom. The Balaban J connectivity index is 1.95. The number of hydrogen-bond donors (Lipinski definition) is 2. The molecular weight excluding hydrogens is 366 g/mol. The fraction of sp³-hybridized carbons (Fsp3) is 0.267. The van der Waals surface area contributed by atoms with Crippen LogP contribution in [0.5, 0.6) is 0 Å². The molecule has 3 heterocycles. The normalized spacial score (nSPS) is 18.1. The summed E-state index contributed by atoms with van der Waals surface area (Å²) in [4.78, 5) is 32.1. The van der Waals surface area contributed by atoms with Crippen molar-refractivity contribution in [2.45, 2.75) is 18.9 Å². The first-order chi connectivity index (χ1) is 11.0. The smallest absolute Gasteiger partial charge is 0.407 e. The van der Waals surface area contributed by atoms with Gasteiger partial charge in [-0.1, -0.05) is 15.9 Å². The maximum atomic E-state index is 12.3. The number of carbonyl (C=O) groups is 1. The third kappa shape index (κ3) is 2.21. The van der Waals surface area contributed by atoms with Crippen molar-refractivity contribution in [1.29, 1.82) is 0 Å². The molecule has 2 aromatic heterocycles. The predicted octanol–water partition coefficient (Wildman–Crippen LogP) is 3.25. The van der Waals surface area contributed by atoms with Gasteiger partial charge in [-0.25, -0.2) is 9.78 Å². The molecule has 1 aromatic carbocycles. The number of aromatic amines is 1. The number of nitrogens with zero attached hydrogens (tertiary/aromatic N) is 2. The van der Waals surface area contributed by atoms with E-state index in [-0.39, 0.29) is 5.58 Å². The summed E-state index contributed by atoms with van der Waals surface area (Å²) >= 11 is 3.39. The molecule has 2 N–H and O–H groups in total. The van der Waals surface area contributed by atoms with Crippen molar-refractivity contribution in [3.63, 3.8) is 0 Å². The van der Waals surface area contributed by atoms with Crippen LogP contribution in [0.4, 0.5) is 4.79 Å². The Morgan fingerprint density at radius 2 is 2.30 bits per heavy atom. The van der Waals surface area contributed by atoms with E-state index in [1.165, 1.54) is 4.90 Å². The second-order valence-electron chi connectivity index (χ2n) is 5.51. The highest BCUT2D eigenvalue weighted by atomic mass is 79.9. The topological polar surface area (TPSA) is 99.4 Å². The number of furan rings is 1. The zero-order valence-electron chi connectivity index (χ0n) is 11.9.